The van der Waals surface area contributed by atoms with E-state index in [4.69, 9.17) is 0 Å². The van der Waals surface area contributed by atoms with Crippen molar-refractivity contribution in [3.8, 4) is 5.75 Å². The van der Waals surface area contributed by atoms with Gasteiger partial charge < -0.3 is 10.4 Å². The zero-order valence-electron chi connectivity index (χ0n) is 16.9. The highest BCUT2D eigenvalue weighted by atomic mass is 16.3. The van der Waals surface area contributed by atoms with Crippen LogP contribution in [0.5, 0.6) is 5.75 Å². The van der Waals surface area contributed by atoms with Gasteiger partial charge in [0.1, 0.15) is 5.75 Å². The van der Waals surface area contributed by atoms with Crippen molar-refractivity contribution in [2.45, 2.75) is 38.5 Å². The molecule has 0 fully saturated rings. The van der Waals surface area contributed by atoms with Crippen molar-refractivity contribution in [2.75, 3.05) is 12.4 Å². The average molecular weight is 360 g/mol. The summed E-state index contributed by atoms with van der Waals surface area (Å²) in [5.74, 6) is 0.318. The van der Waals surface area contributed by atoms with Crippen molar-refractivity contribution in [1.29, 1.82) is 0 Å². The molecular formula is C25H29NO. The number of rotatable bonds is 5. The predicted octanol–water partition coefficient (Wildman–Crippen LogP) is 6.09. The van der Waals surface area contributed by atoms with Gasteiger partial charge in [-0.2, -0.15) is 0 Å². The number of aromatic hydroxyl groups is 1. The van der Waals surface area contributed by atoms with Gasteiger partial charge in [0.15, 0.2) is 0 Å². The second kappa shape index (κ2) is 7.11. The Morgan fingerprint density at radius 2 is 1.15 bits per heavy atom. The molecule has 0 aliphatic carbocycles. The molecule has 2 nitrogen and oxygen atoms in total. The van der Waals surface area contributed by atoms with E-state index in [0.29, 0.717) is 5.75 Å². The van der Waals surface area contributed by atoms with Crippen molar-refractivity contribution >= 4 is 5.69 Å². The van der Waals surface area contributed by atoms with Crippen LogP contribution in [0.15, 0.2) is 72.8 Å². The fraction of sp³-hybridized carbons (Fsp3) is 0.280. The average Bonchev–Trinajstić information content (AvgIpc) is 2.69. The molecule has 2 N–H and O–H groups in total. The van der Waals surface area contributed by atoms with E-state index in [1.54, 1.807) is 0 Å². The molecule has 0 bridgehead atoms. The van der Waals surface area contributed by atoms with Crippen molar-refractivity contribution in [1.82, 2.24) is 0 Å². The summed E-state index contributed by atoms with van der Waals surface area (Å²) in [6, 6.07) is 25.1. The van der Waals surface area contributed by atoms with Gasteiger partial charge in [-0.3, -0.25) is 0 Å². The van der Waals surface area contributed by atoms with Gasteiger partial charge in [0, 0.05) is 23.4 Å². The topological polar surface area (TPSA) is 32.3 Å². The molecule has 3 aromatic rings. The van der Waals surface area contributed by atoms with E-state index in [1.807, 2.05) is 31.3 Å². The fourth-order valence-corrected chi connectivity index (χ4v) is 3.69. The lowest BCUT2D eigenvalue weighted by Crippen LogP contribution is -2.23. The maximum absolute atomic E-state index is 11.0. The molecule has 140 valence electrons. The molecule has 0 radical (unpaired) electrons. The second-order valence-electron chi connectivity index (χ2n) is 8.15. The minimum Gasteiger partial charge on any atom is -0.505 e. The summed E-state index contributed by atoms with van der Waals surface area (Å²) >= 11 is 0. The number of benzene rings is 3. The lowest BCUT2D eigenvalue weighted by atomic mass is 9.72. The molecule has 0 saturated carbocycles. The van der Waals surface area contributed by atoms with E-state index >= 15 is 0 Å². The summed E-state index contributed by atoms with van der Waals surface area (Å²) in [6.07, 6.45) is 0. The van der Waals surface area contributed by atoms with Crippen LogP contribution in [-0.2, 0) is 10.8 Å². The Kier molecular flexibility index (Phi) is 5.01. The lowest BCUT2D eigenvalue weighted by Gasteiger charge is -2.32. The first kappa shape index (κ1) is 19.0. The first-order valence-corrected chi connectivity index (χ1v) is 9.45. The molecule has 0 aromatic heterocycles. The number of phenols is 1. The highest BCUT2D eigenvalue weighted by Crippen LogP contribution is 2.44. The van der Waals surface area contributed by atoms with Gasteiger partial charge in [0.05, 0.1) is 5.69 Å². The molecule has 3 rings (SSSR count). The monoisotopic (exact) mass is 359 g/mol. The number of anilines is 1. The summed E-state index contributed by atoms with van der Waals surface area (Å²) in [5.41, 5.74) is 4.80. The van der Waals surface area contributed by atoms with Crippen LogP contribution < -0.4 is 5.32 Å². The quantitative estimate of drug-likeness (QED) is 0.541. The van der Waals surface area contributed by atoms with E-state index in [9.17, 15) is 5.11 Å². The zero-order chi connectivity index (χ0) is 19.7. The molecule has 2 heteroatoms. The minimum absolute atomic E-state index is 0.178. The smallest absolute Gasteiger partial charge is 0.142 e. The van der Waals surface area contributed by atoms with E-state index in [-0.39, 0.29) is 10.8 Å². The van der Waals surface area contributed by atoms with Crippen molar-refractivity contribution < 1.29 is 5.11 Å². The minimum atomic E-state index is -0.320. The van der Waals surface area contributed by atoms with Crippen LogP contribution in [0.4, 0.5) is 5.69 Å². The molecule has 0 aliphatic rings. The molecule has 0 saturated heterocycles. The summed E-state index contributed by atoms with van der Waals surface area (Å²) in [6.45, 7) is 8.78. The highest BCUT2D eigenvalue weighted by Gasteiger charge is 2.31. The summed E-state index contributed by atoms with van der Waals surface area (Å²) in [4.78, 5) is 0. The van der Waals surface area contributed by atoms with Crippen LogP contribution >= 0.6 is 0 Å². The maximum atomic E-state index is 11.0. The molecule has 0 unspecified atom stereocenters. The lowest BCUT2D eigenvalue weighted by molar-refractivity contribution is 0.454. The summed E-state index contributed by atoms with van der Waals surface area (Å²) in [7, 11) is 1.85. The molecule has 0 spiro atoms. The fourth-order valence-electron chi connectivity index (χ4n) is 3.69. The zero-order valence-corrected chi connectivity index (χ0v) is 16.9. The second-order valence-corrected chi connectivity index (χ2v) is 8.15. The molecule has 0 heterocycles. The molecule has 27 heavy (non-hydrogen) atoms. The molecule has 0 aliphatic heterocycles. The molecular weight excluding hydrogens is 330 g/mol. The van der Waals surface area contributed by atoms with Gasteiger partial charge in [-0.25, -0.2) is 0 Å². The first-order chi connectivity index (χ1) is 12.8. The number of hydrogen-bond acceptors (Lipinski definition) is 2. The van der Waals surface area contributed by atoms with Crippen LogP contribution in [0.3, 0.4) is 0 Å². The Labute approximate surface area is 162 Å². The van der Waals surface area contributed by atoms with Crippen molar-refractivity contribution in [2.24, 2.45) is 0 Å². The number of phenolic OH excluding ortho intramolecular Hbond substituents is 1. The molecule has 0 atom stereocenters. The largest absolute Gasteiger partial charge is 0.505 e. The number of nitrogens with one attached hydrogen (secondary N) is 1. The third-order valence-electron chi connectivity index (χ3n) is 5.77. The van der Waals surface area contributed by atoms with Crippen LogP contribution in [0.2, 0.25) is 0 Å². The Hall–Kier alpha value is -2.74. The van der Waals surface area contributed by atoms with Gasteiger partial charge in [-0.05, 0) is 22.8 Å². The summed E-state index contributed by atoms with van der Waals surface area (Å²) < 4.78 is 0. The third kappa shape index (κ3) is 3.44. The maximum Gasteiger partial charge on any atom is 0.142 e. The van der Waals surface area contributed by atoms with Gasteiger partial charge in [-0.1, -0.05) is 94.4 Å². The Balaban J connectivity index is 2.21. The van der Waals surface area contributed by atoms with Crippen LogP contribution in [0.1, 0.15) is 49.9 Å². The van der Waals surface area contributed by atoms with E-state index in [1.165, 1.54) is 16.7 Å². The number of hydrogen-bond donors (Lipinski definition) is 2. The SMILES string of the molecule is CNc1cc(C(C)(C)c2ccccc2)cc(C(C)(C)c2ccccc2)c1O. The van der Waals surface area contributed by atoms with E-state index < -0.39 is 0 Å². The Morgan fingerprint density at radius 1 is 0.667 bits per heavy atom. The van der Waals surface area contributed by atoms with Crippen molar-refractivity contribution in [3.05, 3.63) is 95.1 Å². The van der Waals surface area contributed by atoms with Crippen LogP contribution in [0.25, 0.3) is 0 Å². The molecule has 0 amide bonds. The standard InChI is InChI=1S/C25H29NO/c1-24(2,18-12-8-6-9-13-18)20-16-21(23(27)22(17-20)26-5)25(3,4)19-14-10-7-11-15-19/h6-17,26-27H,1-5H3. The predicted molar refractivity (Wildman–Crippen MR) is 115 cm³/mol. The van der Waals surface area contributed by atoms with Gasteiger partial charge in [-0.15, -0.1) is 0 Å². The summed E-state index contributed by atoms with van der Waals surface area (Å²) in [5, 5.41) is 14.2. The van der Waals surface area contributed by atoms with Crippen molar-refractivity contribution in [3.63, 3.8) is 0 Å². The van der Waals surface area contributed by atoms with E-state index in [0.717, 1.165) is 11.3 Å². The van der Waals surface area contributed by atoms with Gasteiger partial charge in [0.25, 0.3) is 0 Å². The normalized spacial score (nSPS) is 12.0. The third-order valence-corrected chi connectivity index (χ3v) is 5.77. The van der Waals surface area contributed by atoms with Gasteiger partial charge >= 0.3 is 0 Å². The Morgan fingerprint density at radius 3 is 1.63 bits per heavy atom. The van der Waals surface area contributed by atoms with Crippen LogP contribution in [-0.4, -0.2) is 12.2 Å². The Bertz CT molecular complexity index is 912. The first-order valence-electron chi connectivity index (χ1n) is 9.45. The van der Waals surface area contributed by atoms with E-state index in [2.05, 4.69) is 81.5 Å². The van der Waals surface area contributed by atoms with Crippen LogP contribution in [0, 0.1) is 0 Å². The highest BCUT2D eigenvalue weighted by molar-refractivity contribution is 5.65. The van der Waals surface area contributed by atoms with Gasteiger partial charge in [0.2, 0.25) is 0 Å². The molecule has 3 aromatic carbocycles.